The molecule has 0 saturated heterocycles. The third-order valence-corrected chi connectivity index (χ3v) is 3.11. The fourth-order valence-corrected chi connectivity index (χ4v) is 2.33. The first-order chi connectivity index (χ1) is 6.59. The molecule has 1 aromatic heterocycles. The summed E-state index contributed by atoms with van der Waals surface area (Å²) in [4.78, 5) is 0.534. The van der Waals surface area contributed by atoms with Gasteiger partial charge >= 0.3 is 0 Å². The molecular weight excluding hydrogens is 209 g/mol. The fraction of sp³-hybridized carbons (Fsp3) is 0.200. The number of thiophene rings is 1. The van der Waals surface area contributed by atoms with Crippen molar-refractivity contribution in [2.75, 3.05) is 0 Å². The number of halogens is 3. The van der Waals surface area contributed by atoms with Crippen molar-refractivity contribution < 1.29 is 13.2 Å². The van der Waals surface area contributed by atoms with Crippen molar-refractivity contribution in [3.05, 3.63) is 34.5 Å². The number of alkyl halides is 2. The molecule has 14 heavy (non-hydrogen) atoms. The molecule has 2 rings (SSSR count). The average Bonchev–Trinajstić information content (AvgIpc) is 2.42. The van der Waals surface area contributed by atoms with Gasteiger partial charge in [-0.05, 0) is 13.0 Å². The molecule has 0 aliphatic heterocycles. The van der Waals surface area contributed by atoms with Gasteiger partial charge < -0.3 is 0 Å². The maximum atomic E-state index is 13.3. The Balaban J connectivity index is 2.67. The van der Waals surface area contributed by atoms with Crippen LogP contribution in [-0.4, -0.2) is 0 Å². The van der Waals surface area contributed by atoms with Gasteiger partial charge in [0.2, 0.25) is 0 Å². The van der Waals surface area contributed by atoms with E-state index in [1.807, 2.05) is 0 Å². The van der Waals surface area contributed by atoms with Gasteiger partial charge in [-0.3, -0.25) is 0 Å². The summed E-state index contributed by atoms with van der Waals surface area (Å²) in [5, 5.41) is 0.428. The number of hydrogen-bond donors (Lipinski definition) is 0. The standard InChI is InChI=1S/C10H7F3S/c1-5-9(11)7-3-2-6(10(12)13)4-8(7)14-5/h2-4,10H,1H3. The van der Waals surface area contributed by atoms with E-state index in [2.05, 4.69) is 0 Å². The van der Waals surface area contributed by atoms with Crippen molar-refractivity contribution in [2.45, 2.75) is 13.3 Å². The third kappa shape index (κ3) is 1.39. The van der Waals surface area contributed by atoms with Crippen LogP contribution in [0.5, 0.6) is 0 Å². The highest BCUT2D eigenvalue weighted by molar-refractivity contribution is 7.19. The van der Waals surface area contributed by atoms with E-state index in [1.54, 1.807) is 6.92 Å². The van der Waals surface area contributed by atoms with Gasteiger partial charge in [-0.2, -0.15) is 0 Å². The molecule has 0 amide bonds. The minimum atomic E-state index is -2.50. The molecule has 4 heteroatoms. The first-order valence-corrected chi connectivity index (χ1v) is 4.88. The molecule has 0 atom stereocenters. The lowest BCUT2D eigenvalue weighted by Gasteiger charge is -1.98. The van der Waals surface area contributed by atoms with Crippen LogP contribution in [0.1, 0.15) is 16.9 Å². The number of aryl methyl sites for hydroxylation is 1. The zero-order chi connectivity index (χ0) is 10.3. The summed E-state index contributed by atoms with van der Waals surface area (Å²) in [5.41, 5.74) is -0.0567. The first kappa shape index (κ1) is 9.52. The zero-order valence-corrected chi connectivity index (χ0v) is 8.17. The van der Waals surface area contributed by atoms with Gasteiger partial charge in [0, 0.05) is 20.5 Å². The summed E-state index contributed by atoms with van der Waals surface area (Å²) in [7, 11) is 0. The Hall–Kier alpha value is -1.03. The Bertz CT molecular complexity index is 473. The van der Waals surface area contributed by atoms with E-state index in [-0.39, 0.29) is 11.4 Å². The molecule has 0 unspecified atom stereocenters. The fourth-order valence-electron chi connectivity index (χ4n) is 1.34. The average molecular weight is 216 g/mol. The van der Waals surface area contributed by atoms with E-state index >= 15 is 0 Å². The smallest absolute Gasteiger partial charge is 0.205 e. The van der Waals surface area contributed by atoms with Crippen LogP contribution in [0.4, 0.5) is 13.2 Å². The summed E-state index contributed by atoms with van der Waals surface area (Å²) in [5.74, 6) is -0.300. The lowest BCUT2D eigenvalue weighted by Crippen LogP contribution is -1.82. The van der Waals surface area contributed by atoms with E-state index in [0.717, 1.165) is 0 Å². The lowest BCUT2D eigenvalue weighted by molar-refractivity contribution is 0.151. The monoisotopic (exact) mass is 216 g/mol. The van der Waals surface area contributed by atoms with E-state index in [1.165, 1.54) is 29.5 Å². The van der Waals surface area contributed by atoms with Gasteiger partial charge in [0.15, 0.2) is 0 Å². The second kappa shape index (κ2) is 3.28. The number of benzene rings is 1. The minimum absolute atomic E-state index is 0.0567. The van der Waals surface area contributed by atoms with Crippen LogP contribution in [0.2, 0.25) is 0 Å². The molecule has 0 nitrogen and oxygen atoms in total. The molecular formula is C10H7F3S. The summed E-state index contributed by atoms with van der Waals surface area (Å²) >= 11 is 1.20. The Morgan fingerprint density at radius 2 is 2.00 bits per heavy atom. The normalized spacial score (nSPS) is 11.5. The predicted octanol–water partition coefficient (Wildman–Crippen LogP) is 4.29. The van der Waals surface area contributed by atoms with E-state index in [0.29, 0.717) is 15.0 Å². The highest BCUT2D eigenvalue weighted by atomic mass is 32.1. The lowest BCUT2D eigenvalue weighted by atomic mass is 10.2. The Morgan fingerprint density at radius 3 is 2.64 bits per heavy atom. The quantitative estimate of drug-likeness (QED) is 0.667. The van der Waals surface area contributed by atoms with Crippen molar-refractivity contribution in [3.63, 3.8) is 0 Å². The predicted molar refractivity (Wildman–Crippen MR) is 51.5 cm³/mol. The van der Waals surface area contributed by atoms with Crippen molar-refractivity contribution in [1.29, 1.82) is 0 Å². The molecule has 2 aromatic rings. The molecule has 0 aliphatic rings. The molecule has 1 aromatic carbocycles. The minimum Gasteiger partial charge on any atom is -0.205 e. The molecule has 74 valence electrons. The number of rotatable bonds is 1. The van der Waals surface area contributed by atoms with Crippen LogP contribution in [0.15, 0.2) is 18.2 Å². The Labute approximate surface area is 83.0 Å². The van der Waals surface area contributed by atoms with Gasteiger partial charge in [-0.25, -0.2) is 13.2 Å². The van der Waals surface area contributed by atoms with Crippen molar-refractivity contribution in [1.82, 2.24) is 0 Å². The highest BCUT2D eigenvalue weighted by Gasteiger charge is 2.12. The molecule has 0 bridgehead atoms. The summed E-state index contributed by atoms with van der Waals surface area (Å²) in [6, 6.07) is 4.03. The van der Waals surface area contributed by atoms with Crippen LogP contribution in [-0.2, 0) is 0 Å². The van der Waals surface area contributed by atoms with Crippen LogP contribution in [0, 0.1) is 12.7 Å². The molecule has 1 heterocycles. The largest absolute Gasteiger partial charge is 0.263 e. The van der Waals surface area contributed by atoms with Crippen LogP contribution >= 0.6 is 11.3 Å². The molecule has 0 spiro atoms. The van der Waals surface area contributed by atoms with Crippen molar-refractivity contribution in [2.24, 2.45) is 0 Å². The second-order valence-corrected chi connectivity index (χ2v) is 4.28. The van der Waals surface area contributed by atoms with Crippen LogP contribution in [0.25, 0.3) is 10.1 Å². The summed E-state index contributed by atoms with van der Waals surface area (Å²) in [6.45, 7) is 1.64. The maximum Gasteiger partial charge on any atom is 0.263 e. The Morgan fingerprint density at radius 1 is 1.29 bits per heavy atom. The summed E-state index contributed by atoms with van der Waals surface area (Å²) in [6.07, 6.45) is -2.50. The molecule has 0 fully saturated rings. The zero-order valence-electron chi connectivity index (χ0n) is 7.35. The third-order valence-electron chi connectivity index (χ3n) is 2.07. The molecule has 0 saturated carbocycles. The highest BCUT2D eigenvalue weighted by Crippen LogP contribution is 2.32. The van der Waals surface area contributed by atoms with E-state index < -0.39 is 6.43 Å². The van der Waals surface area contributed by atoms with Gasteiger partial charge in [0.05, 0.1) is 0 Å². The van der Waals surface area contributed by atoms with Crippen LogP contribution < -0.4 is 0 Å². The summed E-state index contributed by atoms with van der Waals surface area (Å²) < 4.78 is 38.5. The van der Waals surface area contributed by atoms with Gasteiger partial charge in [0.1, 0.15) is 5.82 Å². The Kier molecular flexibility index (Phi) is 2.23. The SMILES string of the molecule is Cc1sc2cc(C(F)F)ccc2c1F. The van der Waals surface area contributed by atoms with Gasteiger partial charge in [0.25, 0.3) is 6.43 Å². The van der Waals surface area contributed by atoms with Gasteiger partial charge in [-0.1, -0.05) is 12.1 Å². The first-order valence-electron chi connectivity index (χ1n) is 4.06. The number of hydrogen-bond acceptors (Lipinski definition) is 1. The van der Waals surface area contributed by atoms with Crippen molar-refractivity contribution >= 4 is 21.4 Å². The van der Waals surface area contributed by atoms with E-state index in [9.17, 15) is 13.2 Å². The molecule has 0 aliphatic carbocycles. The molecule has 0 radical (unpaired) electrons. The van der Waals surface area contributed by atoms with E-state index in [4.69, 9.17) is 0 Å². The topological polar surface area (TPSA) is 0 Å². The van der Waals surface area contributed by atoms with Crippen molar-refractivity contribution in [3.8, 4) is 0 Å². The molecule has 0 N–H and O–H groups in total. The van der Waals surface area contributed by atoms with Gasteiger partial charge in [-0.15, -0.1) is 11.3 Å². The van der Waals surface area contributed by atoms with Crippen LogP contribution in [0.3, 0.4) is 0 Å². The maximum absolute atomic E-state index is 13.3. The number of fused-ring (bicyclic) bond motifs is 1. The second-order valence-electron chi connectivity index (χ2n) is 3.03.